The van der Waals surface area contributed by atoms with E-state index < -0.39 is 33.3 Å². The zero-order valence-electron chi connectivity index (χ0n) is 56.3. The first-order valence-corrected chi connectivity index (χ1v) is 36.8. The van der Waals surface area contributed by atoms with E-state index in [4.69, 9.17) is 25.5 Å². The SMILES string of the molecule is CCCN1/C(=C/C=C2\CCCC(/C=C/C3=[N+](CCC)c4ccc5ccccc5c4C3(C)C)=C2Oc2ccc(CCC(=O)NCCOCCOCCNC(=O)CN3CCN4CCN5CCN(CC3)CC(=O)[O][Ge]([O]C(=O)C4)[O]C(=O)C5)cc2)C(C)(C)c2c1ccc1ccccc21. The van der Waals surface area contributed by atoms with Gasteiger partial charge in [-0.25, -0.2) is 0 Å². The fourth-order valence-electron chi connectivity index (χ4n) is 14.2. The fourth-order valence-corrected chi connectivity index (χ4v) is 16.0. The van der Waals surface area contributed by atoms with E-state index in [1.54, 1.807) is 0 Å². The van der Waals surface area contributed by atoms with Gasteiger partial charge in [-0.3, -0.25) is 4.79 Å². The molecule has 2 unspecified atom stereocenters. The Labute approximate surface area is 564 Å². The predicted octanol–water partition coefficient (Wildman–Crippen LogP) is 8.93. The molecule has 4 bridgehead atoms. The van der Waals surface area contributed by atoms with Crippen LogP contribution in [0.3, 0.4) is 0 Å². The van der Waals surface area contributed by atoms with Crippen molar-refractivity contribution >= 4 is 83.7 Å². The molecular weight excluding hydrogens is 1260 g/mol. The molecule has 2 N–H and O–H groups in total. The monoisotopic (exact) mass is 1360 g/mol. The van der Waals surface area contributed by atoms with E-state index in [0.717, 1.165) is 62.3 Å². The van der Waals surface area contributed by atoms with Crippen LogP contribution in [0.25, 0.3) is 21.5 Å². The Balaban J connectivity index is 0.669. The Bertz CT molecular complexity index is 3750. The van der Waals surface area contributed by atoms with E-state index in [0.29, 0.717) is 105 Å². The van der Waals surface area contributed by atoms with Crippen LogP contribution in [0.15, 0.2) is 144 Å². The molecule has 0 saturated carbocycles. The summed E-state index contributed by atoms with van der Waals surface area (Å²) in [5.74, 6) is -0.388. The van der Waals surface area contributed by atoms with Crippen LogP contribution in [0.5, 0.6) is 5.75 Å². The number of ether oxygens (including phenoxy) is 3. The largest absolute Gasteiger partial charge is 0.0616 e. The van der Waals surface area contributed by atoms with Gasteiger partial charge in [0.05, 0.1) is 25.2 Å². The first kappa shape index (κ1) is 68.9. The molecule has 5 heterocycles. The Morgan fingerprint density at radius 2 is 1.20 bits per heavy atom. The summed E-state index contributed by atoms with van der Waals surface area (Å²) in [7, 11) is 0. The Morgan fingerprint density at radius 3 is 1.81 bits per heavy atom. The molecule has 5 aromatic rings. The van der Waals surface area contributed by atoms with Crippen molar-refractivity contribution in [3.63, 3.8) is 0 Å². The Hall–Kier alpha value is -7.50. The van der Waals surface area contributed by atoms with Crippen LogP contribution in [0, 0.1) is 0 Å². The zero-order valence-corrected chi connectivity index (χ0v) is 58.4. The van der Waals surface area contributed by atoms with Gasteiger partial charge in [0, 0.05) is 60.4 Å². The number of allylic oxidation sites excluding steroid dienone is 7. The van der Waals surface area contributed by atoms with Crippen LogP contribution < -0.4 is 20.3 Å². The second-order valence-corrected chi connectivity index (χ2v) is 28.9. The molecule has 5 aromatic carbocycles. The van der Waals surface area contributed by atoms with Gasteiger partial charge >= 0.3 is 186 Å². The number of rotatable bonds is 23. The molecule has 11 rings (SSSR count). The molecule has 19 nitrogen and oxygen atoms in total. The summed E-state index contributed by atoms with van der Waals surface area (Å²) >= 11 is -3.71. The minimum absolute atomic E-state index is 0.00661. The molecule has 3 fully saturated rings. The number of nitrogens with zero attached hydrogens (tertiary/aromatic N) is 6. The molecule has 2 atom stereocenters. The van der Waals surface area contributed by atoms with Crippen molar-refractivity contribution in [1.29, 1.82) is 0 Å². The summed E-state index contributed by atoms with van der Waals surface area (Å²) in [6, 6.07) is 34.9. The quantitative estimate of drug-likeness (QED) is 0.0359. The van der Waals surface area contributed by atoms with Crippen LogP contribution in [-0.4, -0.2) is 206 Å². The predicted molar refractivity (Wildman–Crippen MR) is 371 cm³/mol. The maximum atomic E-state index is 13.2. The van der Waals surface area contributed by atoms with Crippen LogP contribution in [-0.2, 0) is 62.0 Å². The van der Waals surface area contributed by atoms with Gasteiger partial charge in [0.1, 0.15) is 18.1 Å². The van der Waals surface area contributed by atoms with E-state index in [2.05, 4.69) is 171 Å². The molecule has 3 saturated heterocycles. The molecule has 503 valence electrons. The summed E-state index contributed by atoms with van der Waals surface area (Å²) in [5.41, 5.74) is 10.8. The van der Waals surface area contributed by atoms with E-state index in [1.165, 1.54) is 66.6 Å². The van der Waals surface area contributed by atoms with Gasteiger partial charge in [-0.05, 0) is 126 Å². The zero-order chi connectivity index (χ0) is 66.5. The number of carbonyl (C=O) groups is 5. The van der Waals surface area contributed by atoms with Crippen molar-refractivity contribution in [2.45, 2.75) is 97.3 Å². The van der Waals surface area contributed by atoms with Gasteiger partial charge in [-0.15, -0.1) is 0 Å². The molecule has 95 heavy (non-hydrogen) atoms. The molecule has 5 aliphatic heterocycles. The normalized spacial score (nSPS) is 21.9. The van der Waals surface area contributed by atoms with Gasteiger partial charge in [0.25, 0.3) is 0 Å². The average Bonchev–Trinajstić information content (AvgIpc) is 1.59. The average molecular weight is 1360 g/mol. The topological polar surface area (TPSA) is 184 Å². The number of nitrogens with one attached hydrogen (secondary N) is 2. The standard InChI is InChI=1S/C75H93GeN8O11/c1-7-36-83-62-29-23-55-14-9-11-18-60(55)71(62)74(3,4)64(83)31-25-57-16-13-17-58(26-32-65-75(5,6)72-61-19-12-10-15-56(61)24-30-63(72)84(65)37-8-2)73(57)92-59-27-20-54(21-28-59)22-33-66(85)77-34-46-90-48-49-91-47-35-78-67(86)50-79-38-40-80-42-44-82-45-43-81(41-39-79)52-69(88)94-76(93-68(87)51-80)95-70(89)53-82/h9-12,14-15,18-21,23-32H,7-8,13,16-17,22,33-53H2,1-6H3,(H-,77,78,85,86)/p+1. The Kier molecular flexibility index (Phi) is 23.2. The second kappa shape index (κ2) is 32.0. The minimum Gasteiger partial charge on any atom is -0.0616 e. The summed E-state index contributed by atoms with van der Waals surface area (Å²) < 4.78 is 37.4. The third kappa shape index (κ3) is 17.0. The molecule has 2 amide bonds. The van der Waals surface area contributed by atoms with Gasteiger partial charge in [-0.1, -0.05) is 101 Å². The number of anilines is 1. The van der Waals surface area contributed by atoms with Crippen molar-refractivity contribution in [2.75, 3.05) is 136 Å². The number of benzene rings is 5. The van der Waals surface area contributed by atoms with Gasteiger partial charge in [0.15, 0.2) is 5.71 Å². The van der Waals surface area contributed by atoms with Gasteiger partial charge in [-0.2, -0.15) is 4.58 Å². The van der Waals surface area contributed by atoms with Crippen LogP contribution in [0.2, 0.25) is 0 Å². The molecule has 6 aliphatic rings. The summed E-state index contributed by atoms with van der Waals surface area (Å²) in [6.45, 7) is 21.8. The minimum atomic E-state index is -3.71. The maximum Gasteiger partial charge on any atom is 0.0457 e. The molecule has 0 spiro atoms. The number of fused-ring (bicyclic) bond motifs is 13. The maximum absolute atomic E-state index is 13.2. The van der Waals surface area contributed by atoms with Crippen LogP contribution >= 0.6 is 0 Å². The van der Waals surface area contributed by atoms with Crippen molar-refractivity contribution in [3.05, 3.63) is 161 Å². The number of carbonyl (C=O) groups excluding carboxylic acids is 5. The molecule has 20 heteroatoms. The number of amides is 2. The summed E-state index contributed by atoms with van der Waals surface area (Å²) in [5, 5.41) is 11.1. The molecule has 1 aliphatic carbocycles. The van der Waals surface area contributed by atoms with Crippen molar-refractivity contribution in [3.8, 4) is 5.75 Å². The second-order valence-electron chi connectivity index (χ2n) is 26.5. The van der Waals surface area contributed by atoms with Crippen molar-refractivity contribution in [1.82, 2.24) is 30.2 Å². The van der Waals surface area contributed by atoms with Gasteiger partial charge < -0.3 is 24.4 Å². The summed E-state index contributed by atoms with van der Waals surface area (Å²) in [6.07, 6.45) is 15.1. The first-order valence-electron chi connectivity index (χ1n) is 34.2. The first-order chi connectivity index (χ1) is 46.1. The third-order valence-electron chi connectivity index (χ3n) is 19.0. The van der Waals surface area contributed by atoms with E-state index in [1.807, 2.05) is 31.7 Å². The molecule has 1 radical (unpaired) electrons. The van der Waals surface area contributed by atoms with E-state index in [9.17, 15) is 24.0 Å². The third-order valence-corrected chi connectivity index (χ3v) is 21.5. The molecule has 0 aromatic heterocycles. The summed E-state index contributed by atoms with van der Waals surface area (Å²) in [4.78, 5) is 75.1. The Morgan fingerprint density at radius 1 is 0.621 bits per heavy atom. The fraction of sp³-hybridized carbons (Fsp3) is 0.467. The number of hydrogen-bond donors (Lipinski definition) is 2. The smallest absolute Gasteiger partial charge is 0.0457 e. The molecular formula is C75H94GeN8O11+. The van der Waals surface area contributed by atoms with Gasteiger partial charge in [0.2, 0.25) is 11.6 Å². The van der Waals surface area contributed by atoms with Crippen LogP contribution in [0.4, 0.5) is 11.4 Å². The van der Waals surface area contributed by atoms with Crippen LogP contribution in [0.1, 0.15) is 96.8 Å². The van der Waals surface area contributed by atoms with E-state index in [-0.39, 0.29) is 48.8 Å². The van der Waals surface area contributed by atoms with Crippen molar-refractivity contribution < 1.29 is 54.0 Å². The number of aryl methyl sites for hydroxylation is 1. The number of hydrogen-bond acceptors (Lipinski definition) is 16. The van der Waals surface area contributed by atoms with Crippen molar-refractivity contribution in [2.24, 2.45) is 0 Å². The van der Waals surface area contributed by atoms with E-state index >= 15 is 0 Å².